The summed E-state index contributed by atoms with van der Waals surface area (Å²) in [6.07, 6.45) is 15.4. The van der Waals surface area contributed by atoms with Gasteiger partial charge in [-0.3, -0.25) is 0 Å². The Morgan fingerprint density at radius 2 is 1.55 bits per heavy atom. The summed E-state index contributed by atoms with van der Waals surface area (Å²) in [4.78, 5) is 0. The third kappa shape index (κ3) is 7.02. The topological polar surface area (TPSA) is 12.0 Å². The molecule has 1 N–H and O–H groups in total. The smallest absolute Gasteiger partial charge is 0.00696 e. The van der Waals surface area contributed by atoms with Gasteiger partial charge in [0, 0.05) is 12.1 Å². The van der Waals surface area contributed by atoms with Gasteiger partial charge in [-0.05, 0) is 49.9 Å². The lowest BCUT2D eigenvalue weighted by molar-refractivity contribution is 0.221. The maximum Gasteiger partial charge on any atom is 0.00696 e. The molecule has 0 amide bonds. The van der Waals surface area contributed by atoms with Crippen LogP contribution in [-0.4, -0.2) is 12.1 Å². The number of hydrogen-bond acceptors (Lipinski definition) is 1. The van der Waals surface area contributed by atoms with Gasteiger partial charge in [0.15, 0.2) is 0 Å². The second-order valence-corrected chi connectivity index (χ2v) is 7.93. The maximum atomic E-state index is 3.97. The Hall–Kier alpha value is -0.0400. The molecule has 1 saturated carbocycles. The van der Waals surface area contributed by atoms with Crippen molar-refractivity contribution < 1.29 is 0 Å². The molecule has 0 bridgehead atoms. The average Bonchev–Trinajstić information content (AvgIpc) is 3.03. The van der Waals surface area contributed by atoms with Gasteiger partial charge in [-0.2, -0.15) is 0 Å². The van der Waals surface area contributed by atoms with Crippen molar-refractivity contribution in [2.45, 2.75) is 117 Å². The highest BCUT2D eigenvalue weighted by molar-refractivity contribution is 4.81. The van der Waals surface area contributed by atoms with Crippen LogP contribution >= 0.6 is 0 Å². The molecule has 0 radical (unpaired) electrons. The molecule has 1 fully saturated rings. The van der Waals surface area contributed by atoms with Crippen LogP contribution in [-0.2, 0) is 0 Å². The summed E-state index contributed by atoms with van der Waals surface area (Å²) in [6.45, 7) is 12.0. The molecule has 22 heavy (non-hydrogen) atoms. The van der Waals surface area contributed by atoms with Crippen molar-refractivity contribution in [3.63, 3.8) is 0 Å². The summed E-state index contributed by atoms with van der Waals surface area (Å²) in [6, 6.07) is 1.57. The van der Waals surface area contributed by atoms with Crippen LogP contribution < -0.4 is 5.32 Å². The van der Waals surface area contributed by atoms with Crippen molar-refractivity contribution in [3.05, 3.63) is 0 Å². The first-order valence-corrected chi connectivity index (χ1v) is 10.4. The van der Waals surface area contributed by atoms with Crippen LogP contribution in [0.1, 0.15) is 105 Å². The highest BCUT2D eigenvalue weighted by Crippen LogP contribution is 2.31. The zero-order valence-electron chi connectivity index (χ0n) is 16.2. The average molecular weight is 310 g/mol. The first-order valence-electron chi connectivity index (χ1n) is 10.4. The van der Waals surface area contributed by atoms with E-state index in [1.807, 2.05) is 0 Å². The van der Waals surface area contributed by atoms with E-state index >= 15 is 0 Å². The van der Waals surface area contributed by atoms with Crippen molar-refractivity contribution in [2.24, 2.45) is 17.8 Å². The van der Waals surface area contributed by atoms with Crippen molar-refractivity contribution in [1.29, 1.82) is 0 Å². The largest absolute Gasteiger partial charge is 0.311 e. The zero-order valence-corrected chi connectivity index (χ0v) is 16.2. The quantitative estimate of drug-likeness (QED) is 0.430. The van der Waals surface area contributed by atoms with E-state index in [-0.39, 0.29) is 0 Å². The van der Waals surface area contributed by atoms with E-state index < -0.39 is 0 Å². The number of nitrogens with one attached hydrogen (secondary N) is 1. The minimum atomic E-state index is 0.749. The summed E-state index contributed by atoms with van der Waals surface area (Å²) in [5.74, 6) is 2.76. The highest BCUT2D eigenvalue weighted by Gasteiger charge is 2.24. The van der Waals surface area contributed by atoms with Crippen LogP contribution in [0.15, 0.2) is 0 Å². The predicted molar refractivity (Wildman–Crippen MR) is 100 cm³/mol. The Morgan fingerprint density at radius 1 is 0.909 bits per heavy atom. The van der Waals surface area contributed by atoms with E-state index in [9.17, 15) is 0 Å². The van der Waals surface area contributed by atoms with Crippen LogP contribution in [0.3, 0.4) is 0 Å². The third-order valence-electron chi connectivity index (χ3n) is 6.23. The fraction of sp³-hybridized carbons (Fsp3) is 1.00. The first kappa shape index (κ1) is 20.0. The van der Waals surface area contributed by atoms with Gasteiger partial charge in [-0.1, -0.05) is 73.1 Å². The molecule has 1 aliphatic rings. The maximum absolute atomic E-state index is 3.97. The molecule has 1 aliphatic carbocycles. The van der Waals surface area contributed by atoms with Gasteiger partial charge >= 0.3 is 0 Å². The molecule has 3 atom stereocenters. The first-order chi connectivity index (χ1) is 10.6. The monoisotopic (exact) mass is 309 g/mol. The molecule has 1 heteroatoms. The number of hydrogen-bond donors (Lipinski definition) is 1. The van der Waals surface area contributed by atoms with Gasteiger partial charge in [0.1, 0.15) is 0 Å². The minimum absolute atomic E-state index is 0.749. The molecular formula is C21H43N. The second kappa shape index (κ2) is 11.5. The fourth-order valence-corrected chi connectivity index (χ4v) is 4.48. The van der Waals surface area contributed by atoms with Gasteiger partial charge in [-0.15, -0.1) is 0 Å². The molecule has 1 nitrogen and oxygen atoms in total. The Balaban J connectivity index is 2.49. The van der Waals surface area contributed by atoms with Crippen LogP contribution in [0, 0.1) is 17.8 Å². The SMILES string of the molecule is CCCC(CC(CC)CC)C(C)CC(CC)NC1CCCC1. The molecule has 0 aromatic rings. The number of rotatable bonds is 12. The van der Waals surface area contributed by atoms with Crippen molar-refractivity contribution in [1.82, 2.24) is 5.32 Å². The van der Waals surface area contributed by atoms with Crippen molar-refractivity contribution in [3.8, 4) is 0 Å². The lowest BCUT2D eigenvalue weighted by Crippen LogP contribution is -2.38. The standard InChI is InChI=1S/C21H43N/c1-6-12-19(16-18(7-2)8-3)17(5)15-20(9-4)22-21-13-10-11-14-21/h17-22H,6-16H2,1-5H3. The van der Waals surface area contributed by atoms with Crippen LogP contribution in [0.2, 0.25) is 0 Å². The fourth-order valence-electron chi connectivity index (χ4n) is 4.48. The van der Waals surface area contributed by atoms with Crippen LogP contribution in [0.4, 0.5) is 0 Å². The lowest BCUT2D eigenvalue weighted by atomic mass is 9.78. The van der Waals surface area contributed by atoms with Crippen LogP contribution in [0.5, 0.6) is 0 Å². The van der Waals surface area contributed by atoms with Crippen molar-refractivity contribution in [2.75, 3.05) is 0 Å². The minimum Gasteiger partial charge on any atom is -0.311 e. The predicted octanol–water partition coefficient (Wildman–Crippen LogP) is 6.57. The Morgan fingerprint density at radius 3 is 2.05 bits per heavy atom. The second-order valence-electron chi connectivity index (χ2n) is 7.93. The summed E-state index contributed by atoms with van der Waals surface area (Å²) in [7, 11) is 0. The highest BCUT2D eigenvalue weighted by atomic mass is 15.0. The van der Waals surface area contributed by atoms with Gasteiger partial charge in [-0.25, -0.2) is 0 Å². The van der Waals surface area contributed by atoms with Gasteiger partial charge in [0.05, 0.1) is 0 Å². The Labute approximate surface area is 141 Å². The molecule has 0 aromatic carbocycles. The van der Waals surface area contributed by atoms with Gasteiger partial charge in [0.25, 0.3) is 0 Å². The normalized spacial score (nSPS) is 20.5. The molecule has 0 spiro atoms. The van der Waals surface area contributed by atoms with E-state index in [1.54, 1.807) is 0 Å². The Bertz CT molecular complexity index is 253. The molecule has 1 rings (SSSR count). The molecule has 0 saturated heterocycles. The van der Waals surface area contributed by atoms with Crippen LogP contribution in [0.25, 0.3) is 0 Å². The molecule has 3 unspecified atom stereocenters. The molecule has 132 valence electrons. The van der Waals surface area contributed by atoms with Gasteiger partial charge < -0.3 is 5.32 Å². The Kier molecular flexibility index (Phi) is 10.4. The van der Waals surface area contributed by atoms with E-state index in [1.165, 1.54) is 70.6 Å². The molecule has 0 aromatic heterocycles. The molecule has 0 aliphatic heterocycles. The van der Waals surface area contributed by atoms with Crippen molar-refractivity contribution >= 4 is 0 Å². The summed E-state index contributed by atoms with van der Waals surface area (Å²) < 4.78 is 0. The third-order valence-corrected chi connectivity index (χ3v) is 6.23. The van der Waals surface area contributed by atoms with E-state index in [0.717, 1.165) is 29.8 Å². The summed E-state index contributed by atoms with van der Waals surface area (Å²) in [5, 5.41) is 3.97. The summed E-state index contributed by atoms with van der Waals surface area (Å²) >= 11 is 0. The molecular weight excluding hydrogens is 266 g/mol. The van der Waals surface area contributed by atoms with E-state index in [4.69, 9.17) is 0 Å². The lowest BCUT2D eigenvalue weighted by Gasteiger charge is -2.31. The van der Waals surface area contributed by atoms with E-state index in [2.05, 4.69) is 39.9 Å². The summed E-state index contributed by atoms with van der Waals surface area (Å²) in [5.41, 5.74) is 0. The zero-order chi connectivity index (χ0) is 16.4. The molecule has 0 heterocycles. The van der Waals surface area contributed by atoms with Gasteiger partial charge in [0.2, 0.25) is 0 Å². The van der Waals surface area contributed by atoms with E-state index in [0.29, 0.717) is 0 Å².